The van der Waals surface area contributed by atoms with Crippen LogP contribution in [0.2, 0.25) is 5.02 Å². The summed E-state index contributed by atoms with van der Waals surface area (Å²) in [5.41, 5.74) is 0. The lowest BCUT2D eigenvalue weighted by Gasteiger charge is -2.27. The molecule has 2 rings (SSSR count). The third-order valence-corrected chi connectivity index (χ3v) is 5.09. The van der Waals surface area contributed by atoms with E-state index in [1.807, 2.05) is 12.1 Å². The van der Waals surface area contributed by atoms with Crippen LogP contribution in [0.25, 0.3) is 0 Å². The van der Waals surface area contributed by atoms with Crippen molar-refractivity contribution in [1.29, 1.82) is 0 Å². The number of cyclic esters (lactones) is 1. The van der Waals surface area contributed by atoms with Crippen molar-refractivity contribution in [2.75, 3.05) is 0 Å². The maximum atomic E-state index is 11.8. The number of carbonyl (C=O) groups is 1. The van der Waals surface area contributed by atoms with E-state index in [9.17, 15) is 9.90 Å². The van der Waals surface area contributed by atoms with Crippen LogP contribution < -0.4 is 21.2 Å². The normalized spacial score (nSPS) is 18.3. The molecule has 1 N–H and O–H groups in total. The number of aliphatic hydroxyl groups is 1. The Morgan fingerprint density at radius 2 is 1.83 bits per heavy atom. The number of rotatable bonds is 2. The lowest BCUT2D eigenvalue weighted by molar-refractivity contribution is -0.578. The van der Waals surface area contributed by atoms with Crippen LogP contribution >= 0.6 is 11.6 Å². The minimum atomic E-state index is -1.12. The SMILES string of the molecule is CC1(C)OC(=O)C([I+]c2ccc(Cl)cc2)=C(O)O1. The van der Waals surface area contributed by atoms with Gasteiger partial charge in [0.25, 0.3) is 5.79 Å². The molecule has 0 saturated carbocycles. The fraction of sp³-hybridized carbons (Fsp3) is 0.250. The van der Waals surface area contributed by atoms with Gasteiger partial charge in [0.15, 0.2) is 3.57 Å². The molecule has 0 aromatic heterocycles. The van der Waals surface area contributed by atoms with Gasteiger partial charge in [-0.05, 0) is 24.3 Å². The molecule has 18 heavy (non-hydrogen) atoms. The van der Waals surface area contributed by atoms with Crippen LogP contribution in [-0.4, -0.2) is 16.9 Å². The molecule has 1 aliphatic rings. The van der Waals surface area contributed by atoms with Crippen molar-refractivity contribution in [3.8, 4) is 0 Å². The summed E-state index contributed by atoms with van der Waals surface area (Å²) in [5.74, 6) is -1.97. The van der Waals surface area contributed by atoms with Crippen molar-refractivity contribution in [2.45, 2.75) is 19.6 Å². The molecule has 1 heterocycles. The minimum absolute atomic E-state index is 0.218. The maximum Gasteiger partial charge on any atom is 0.396 e. The van der Waals surface area contributed by atoms with E-state index in [1.54, 1.807) is 26.0 Å². The van der Waals surface area contributed by atoms with E-state index < -0.39 is 33.0 Å². The Bertz CT molecular complexity index is 507. The van der Waals surface area contributed by atoms with Gasteiger partial charge in [0.2, 0.25) is 0 Å². The van der Waals surface area contributed by atoms with Crippen molar-refractivity contribution >= 4 is 17.6 Å². The maximum absolute atomic E-state index is 11.8. The highest BCUT2D eigenvalue weighted by Gasteiger charge is 2.44. The molecule has 0 saturated heterocycles. The van der Waals surface area contributed by atoms with Crippen molar-refractivity contribution in [3.63, 3.8) is 0 Å². The van der Waals surface area contributed by atoms with E-state index in [4.69, 9.17) is 21.1 Å². The molecule has 1 aliphatic heterocycles. The third-order valence-electron chi connectivity index (χ3n) is 2.06. The van der Waals surface area contributed by atoms with Gasteiger partial charge in [0.05, 0.1) is 0 Å². The second-order valence-electron chi connectivity index (χ2n) is 4.04. The number of aliphatic hydroxyl groups excluding tert-OH is 1. The van der Waals surface area contributed by atoms with E-state index in [1.165, 1.54) is 0 Å². The Hall–Kier alpha value is -0.950. The van der Waals surface area contributed by atoms with Crippen molar-refractivity contribution < 1.29 is 40.6 Å². The summed E-state index contributed by atoms with van der Waals surface area (Å²) in [5, 5.41) is 10.4. The van der Waals surface area contributed by atoms with E-state index in [0.29, 0.717) is 5.02 Å². The third kappa shape index (κ3) is 3.08. The van der Waals surface area contributed by atoms with Gasteiger partial charge in [-0.25, -0.2) is 4.79 Å². The van der Waals surface area contributed by atoms with Crippen LogP contribution in [0.5, 0.6) is 0 Å². The summed E-state index contributed by atoms with van der Waals surface area (Å²) in [6.45, 7) is 3.14. The number of hydrogen-bond donors (Lipinski definition) is 1. The van der Waals surface area contributed by atoms with Gasteiger partial charge in [-0.3, -0.25) is 0 Å². The van der Waals surface area contributed by atoms with Crippen molar-refractivity contribution in [3.05, 3.63) is 42.4 Å². The van der Waals surface area contributed by atoms with Crippen LogP contribution in [-0.2, 0) is 14.3 Å². The zero-order chi connectivity index (χ0) is 13.3. The fourth-order valence-electron chi connectivity index (χ4n) is 1.33. The summed E-state index contributed by atoms with van der Waals surface area (Å²) in [4.78, 5) is 11.8. The average molecular weight is 382 g/mol. The average Bonchev–Trinajstić information content (AvgIpc) is 2.24. The molecule has 0 spiro atoms. The monoisotopic (exact) mass is 381 g/mol. The first-order valence-corrected chi connectivity index (χ1v) is 7.67. The number of carbonyl (C=O) groups excluding carboxylic acids is 1. The van der Waals surface area contributed by atoms with Crippen LogP contribution in [0.1, 0.15) is 13.8 Å². The molecule has 0 fully saturated rings. The molecule has 0 radical (unpaired) electrons. The molecule has 0 bridgehead atoms. The summed E-state index contributed by atoms with van der Waals surface area (Å²) >= 11 is 4.93. The summed E-state index contributed by atoms with van der Waals surface area (Å²) < 4.78 is 11.4. The molecule has 1 aromatic rings. The van der Waals surface area contributed by atoms with E-state index in [-0.39, 0.29) is 9.53 Å². The Morgan fingerprint density at radius 1 is 1.22 bits per heavy atom. The predicted octanol–water partition coefficient (Wildman–Crippen LogP) is -0.365. The number of esters is 1. The Morgan fingerprint density at radius 3 is 2.39 bits per heavy atom. The molecular formula is C12H11ClIO4+. The summed E-state index contributed by atoms with van der Waals surface area (Å²) in [6.07, 6.45) is 0. The van der Waals surface area contributed by atoms with E-state index in [2.05, 4.69) is 0 Å². The van der Waals surface area contributed by atoms with Gasteiger partial charge in [-0.2, -0.15) is 0 Å². The molecule has 96 valence electrons. The van der Waals surface area contributed by atoms with Crippen LogP contribution in [0.15, 0.2) is 33.8 Å². The van der Waals surface area contributed by atoms with Gasteiger partial charge in [-0.1, -0.05) is 11.6 Å². The minimum Gasteiger partial charge on any atom is -0.477 e. The molecule has 0 aliphatic carbocycles. The topological polar surface area (TPSA) is 55.8 Å². The molecule has 1 aromatic carbocycles. The van der Waals surface area contributed by atoms with E-state index >= 15 is 0 Å². The van der Waals surface area contributed by atoms with Gasteiger partial charge < -0.3 is 14.6 Å². The van der Waals surface area contributed by atoms with Crippen LogP contribution in [0.3, 0.4) is 0 Å². The predicted molar refractivity (Wildman–Crippen MR) is 61.1 cm³/mol. The standard InChI is InChI=1S/C12H10ClIO4/c1-12(2)17-10(15)9(11(16)18-12)14-8-5-3-7(13)4-6-8/h3-6H,1-2H3/p+1. The van der Waals surface area contributed by atoms with Gasteiger partial charge in [-0.15, -0.1) is 0 Å². The Labute approximate surface area is 120 Å². The lowest BCUT2D eigenvalue weighted by Crippen LogP contribution is -3.61. The van der Waals surface area contributed by atoms with Crippen LogP contribution in [0, 0.1) is 3.57 Å². The quantitative estimate of drug-likeness (QED) is 0.561. The smallest absolute Gasteiger partial charge is 0.396 e. The first-order valence-electron chi connectivity index (χ1n) is 5.13. The van der Waals surface area contributed by atoms with E-state index in [0.717, 1.165) is 3.57 Å². The van der Waals surface area contributed by atoms with Gasteiger partial charge in [0, 0.05) is 18.9 Å². The van der Waals surface area contributed by atoms with Crippen LogP contribution in [0.4, 0.5) is 0 Å². The largest absolute Gasteiger partial charge is 0.477 e. The number of ether oxygens (including phenoxy) is 2. The molecule has 0 unspecified atom stereocenters. The molecular weight excluding hydrogens is 370 g/mol. The highest BCUT2D eigenvalue weighted by atomic mass is 127. The summed E-state index contributed by atoms with van der Waals surface area (Å²) in [6, 6.07) is 7.13. The fourth-order valence-corrected chi connectivity index (χ4v) is 3.47. The number of hydrogen-bond acceptors (Lipinski definition) is 4. The molecule has 0 amide bonds. The molecule has 6 heteroatoms. The Balaban J connectivity index is 2.23. The van der Waals surface area contributed by atoms with Gasteiger partial charge in [0.1, 0.15) is 0 Å². The van der Waals surface area contributed by atoms with Crippen molar-refractivity contribution in [2.24, 2.45) is 0 Å². The van der Waals surface area contributed by atoms with Crippen molar-refractivity contribution in [1.82, 2.24) is 0 Å². The second kappa shape index (κ2) is 4.97. The number of benzene rings is 1. The first kappa shape index (κ1) is 13.5. The first-order chi connectivity index (χ1) is 8.37. The lowest BCUT2D eigenvalue weighted by atomic mass is 10.3. The highest BCUT2D eigenvalue weighted by Crippen LogP contribution is 2.21. The highest BCUT2D eigenvalue weighted by molar-refractivity contribution is 6.30. The second-order valence-corrected chi connectivity index (χ2v) is 7.34. The zero-order valence-corrected chi connectivity index (χ0v) is 12.7. The Kier molecular flexibility index (Phi) is 3.72. The molecule has 0 atom stereocenters. The summed E-state index contributed by atoms with van der Waals surface area (Å²) in [7, 11) is 0. The van der Waals surface area contributed by atoms with Gasteiger partial charge >= 0.3 is 36.7 Å². The molecule has 4 nitrogen and oxygen atoms in total. The zero-order valence-electron chi connectivity index (χ0n) is 9.74. The number of halogens is 2.